The minimum Gasteiger partial charge on any atom is -0.411 e. The number of aliphatic hydroxyl groups excluding tert-OH is 1. The van der Waals surface area contributed by atoms with Crippen molar-refractivity contribution in [1.82, 2.24) is 14.5 Å². The molecule has 2 heterocycles. The van der Waals surface area contributed by atoms with Gasteiger partial charge in [0.1, 0.15) is 18.7 Å². The van der Waals surface area contributed by atoms with Crippen molar-refractivity contribution in [3.63, 3.8) is 0 Å². The number of aromatic nitrogens is 3. The quantitative estimate of drug-likeness (QED) is 0.708. The molecule has 8 nitrogen and oxygen atoms in total. The molecule has 23 heavy (non-hydrogen) atoms. The molecule has 1 aliphatic rings. The zero-order valence-corrected chi connectivity index (χ0v) is 14.9. The van der Waals surface area contributed by atoms with Crippen LogP contribution in [0.25, 0.3) is 0 Å². The van der Waals surface area contributed by atoms with Gasteiger partial charge in [-0.25, -0.2) is 9.78 Å². The van der Waals surface area contributed by atoms with Gasteiger partial charge in [0.15, 0.2) is 8.32 Å². The standard InChI is InChI=1S/C14H26N4O4Si/c1-4-23(5-2,6-3)22-10-7-12(21-11(10)8-19)18-9-16-13(15)17-14(18)20/h9-12,19H,4-8H2,1-3H3,(H2,15,17,20)/t10-,11+,12+/m0/s1. The largest absolute Gasteiger partial charge is 0.411 e. The van der Waals surface area contributed by atoms with Crippen molar-refractivity contribution in [3.8, 4) is 0 Å². The normalized spacial score (nSPS) is 25.0. The van der Waals surface area contributed by atoms with Crippen LogP contribution in [0, 0.1) is 0 Å². The van der Waals surface area contributed by atoms with Crippen LogP contribution >= 0.6 is 0 Å². The third kappa shape index (κ3) is 3.79. The molecule has 0 aliphatic carbocycles. The van der Waals surface area contributed by atoms with Gasteiger partial charge in [0.05, 0.1) is 12.7 Å². The van der Waals surface area contributed by atoms with Crippen LogP contribution in [0.4, 0.5) is 5.95 Å². The second-order valence-electron chi connectivity index (χ2n) is 5.85. The van der Waals surface area contributed by atoms with Gasteiger partial charge in [-0.15, -0.1) is 0 Å². The summed E-state index contributed by atoms with van der Waals surface area (Å²) in [6.45, 7) is 6.31. The summed E-state index contributed by atoms with van der Waals surface area (Å²) in [6.07, 6.45) is 0.619. The summed E-state index contributed by atoms with van der Waals surface area (Å²) in [4.78, 5) is 19.4. The lowest BCUT2D eigenvalue weighted by molar-refractivity contribution is -0.0439. The van der Waals surface area contributed by atoms with E-state index in [4.69, 9.17) is 14.9 Å². The Balaban J connectivity index is 2.18. The fourth-order valence-electron chi connectivity index (χ4n) is 3.03. The number of nitrogen functional groups attached to an aromatic ring is 1. The molecule has 1 aliphatic heterocycles. The van der Waals surface area contributed by atoms with Crippen molar-refractivity contribution in [2.75, 3.05) is 12.3 Å². The first kappa shape index (κ1) is 18.1. The van der Waals surface area contributed by atoms with E-state index in [1.807, 2.05) is 0 Å². The Hall–Kier alpha value is -1.29. The molecule has 0 radical (unpaired) electrons. The Morgan fingerprint density at radius 2 is 2.09 bits per heavy atom. The SMILES string of the molecule is CC[Si](CC)(CC)O[C@H]1C[C@H](n2cnc(N)nc2=O)O[C@@H]1CO. The highest BCUT2D eigenvalue weighted by Crippen LogP contribution is 2.34. The monoisotopic (exact) mass is 342 g/mol. The van der Waals surface area contributed by atoms with Crippen molar-refractivity contribution >= 4 is 14.3 Å². The maximum absolute atomic E-state index is 11.9. The molecule has 1 aromatic heterocycles. The summed E-state index contributed by atoms with van der Waals surface area (Å²) in [5, 5.41) is 9.60. The summed E-state index contributed by atoms with van der Waals surface area (Å²) >= 11 is 0. The molecular formula is C14H26N4O4Si. The van der Waals surface area contributed by atoms with Crippen LogP contribution in [-0.4, -0.2) is 46.8 Å². The number of hydrogen-bond donors (Lipinski definition) is 2. The van der Waals surface area contributed by atoms with E-state index in [1.54, 1.807) is 0 Å². The van der Waals surface area contributed by atoms with Crippen LogP contribution in [0.15, 0.2) is 11.1 Å². The van der Waals surface area contributed by atoms with Crippen LogP contribution in [0.1, 0.15) is 33.4 Å². The van der Waals surface area contributed by atoms with Crippen LogP contribution in [0.3, 0.4) is 0 Å². The predicted octanol–water partition coefficient (Wildman–Crippen LogP) is 0.891. The van der Waals surface area contributed by atoms with Crippen molar-refractivity contribution in [1.29, 1.82) is 0 Å². The van der Waals surface area contributed by atoms with E-state index in [9.17, 15) is 9.90 Å². The van der Waals surface area contributed by atoms with E-state index in [0.29, 0.717) is 6.42 Å². The van der Waals surface area contributed by atoms with Crippen molar-refractivity contribution in [2.24, 2.45) is 0 Å². The Bertz CT molecular complexity index is 570. The highest BCUT2D eigenvalue weighted by atomic mass is 28.4. The third-order valence-electron chi connectivity index (χ3n) is 4.75. The Morgan fingerprint density at radius 1 is 1.43 bits per heavy atom. The molecule has 0 unspecified atom stereocenters. The van der Waals surface area contributed by atoms with Crippen molar-refractivity contribution in [2.45, 2.75) is 63.8 Å². The molecule has 2 rings (SSSR count). The molecule has 1 aromatic rings. The van der Waals surface area contributed by atoms with Crippen LogP contribution in [-0.2, 0) is 9.16 Å². The molecule has 3 atom stereocenters. The molecule has 0 saturated carbocycles. The minimum absolute atomic E-state index is 0.0647. The summed E-state index contributed by atoms with van der Waals surface area (Å²) in [5.74, 6) is -0.0647. The highest BCUT2D eigenvalue weighted by molar-refractivity contribution is 6.73. The molecule has 130 valence electrons. The van der Waals surface area contributed by atoms with Crippen LogP contribution in [0.5, 0.6) is 0 Å². The first-order chi connectivity index (χ1) is 11.0. The fraction of sp³-hybridized carbons (Fsp3) is 0.786. The van der Waals surface area contributed by atoms with Gasteiger partial charge in [0.2, 0.25) is 5.95 Å². The average Bonchev–Trinajstić information content (AvgIpc) is 2.95. The van der Waals surface area contributed by atoms with E-state index < -0.39 is 26.3 Å². The fourth-order valence-corrected chi connectivity index (χ4v) is 5.92. The number of aliphatic hydroxyl groups is 1. The maximum Gasteiger partial charge on any atom is 0.354 e. The lowest BCUT2D eigenvalue weighted by Crippen LogP contribution is -2.43. The molecule has 0 bridgehead atoms. The van der Waals surface area contributed by atoms with Crippen molar-refractivity contribution < 1.29 is 14.3 Å². The topological polar surface area (TPSA) is 112 Å². The molecule has 3 N–H and O–H groups in total. The van der Waals surface area contributed by atoms with Crippen molar-refractivity contribution in [3.05, 3.63) is 16.8 Å². The molecule has 0 amide bonds. The second-order valence-corrected chi connectivity index (χ2v) is 10.6. The van der Waals surface area contributed by atoms with Gasteiger partial charge in [0, 0.05) is 6.42 Å². The first-order valence-corrected chi connectivity index (χ1v) is 10.7. The number of nitrogens with zero attached hydrogens (tertiary/aromatic N) is 3. The second kappa shape index (κ2) is 7.52. The van der Waals surface area contributed by atoms with Gasteiger partial charge in [-0.1, -0.05) is 20.8 Å². The molecule has 1 fully saturated rings. The number of ether oxygens (including phenoxy) is 1. The van der Waals surface area contributed by atoms with E-state index in [1.165, 1.54) is 10.9 Å². The minimum atomic E-state index is -1.82. The lowest BCUT2D eigenvalue weighted by Gasteiger charge is -2.32. The molecule has 9 heteroatoms. The lowest BCUT2D eigenvalue weighted by atomic mass is 10.2. The molecule has 1 saturated heterocycles. The smallest absolute Gasteiger partial charge is 0.354 e. The highest BCUT2D eigenvalue weighted by Gasteiger charge is 2.42. The molecule has 0 aromatic carbocycles. The number of rotatable bonds is 7. The van der Waals surface area contributed by atoms with Gasteiger partial charge in [-0.3, -0.25) is 4.57 Å². The first-order valence-electron chi connectivity index (χ1n) is 8.13. The number of hydrogen-bond acceptors (Lipinski definition) is 7. The zero-order chi connectivity index (χ0) is 17.0. The van der Waals surface area contributed by atoms with Gasteiger partial charge < -0.3 is 20.0 Å². The van der Waals surface area contributed by atoms with Gasteiger partial charge in [-0.2, -0.15) is 4.98 Å². The van der Waals surface area contributed by atoms with E-state index in [-0.39, 0.29) is 18.7 Å². The Morgan fingerprint density at radius 3 is 2.61 bits per heavy atom. The molecular weight excluding hydrogens is 316 g/mol. The summed E-state index contributed by atoms with van der Waals surface area (Å²) in [5.41, 5.74) is 4.90. The van der Waals surface area contributed by atoms with E-state index in [2.05, 4.69) is 30.7 Å². The average molecular weight is 342 g/mol. The maximum atomic E-state index is 11.9. The Labute approximate surface area is 136 Å². The zero-order valence-electron chi connectivity index (χ0n) is 13.9. The summed E-state index contributed by atoms with van der Waals surface area (Å²) in [6, 6.07) is 3.05. The Kier molecular flexibility index (Phi) is 5.90. The van der Waals surface area contributed by atoms with Gasteiger partial charge in [0.25, 0.3) is 0 Å². The van der Waals surface area contributed by atoms with Crippen LogP contribution < -0.4 is 11.4 Å². The third-order valence-corrected chi connectivity index (χ3v) is 9.42. The molecule has 0 spiro atoms. The van der Waals surface area contributed by atoms with Crippen LogP contribution in [0.2, 0.25) is 18.1 Å². The van der Waals surface area contributed by atoms with E-state index >= 15 is 0 Å². The number of nitrogens with two attached hydrogens (primary N) is 1. The summed E-state index contributed by atoms with van der Waals surface area (Å²) in [7, 11) is -1.82. The van der Waals surface area contributed by atoms with Gasteiger partial charge >= 0.3 is 5.69 Å². The van der Waals surface area contributed by atoms with E-state index in [0.717, 1.165) is 18.1 Å². The van der Waals surface area contributed by atoms with Gasteiger partial charge in [-0.05, 0) is 18.1 Å². The predicted molar refractivity (Wildman–Crippen MR) is 88.4 cm³/mol. The summed E-state index contributed by atoms with van der Waals surface area (Å²) < 4.78 is 13.5. The number of anilines is 1.